The van der Waals surface area contributed by atoms with Crippen LogP contribution in [-0.4, -0.2) is 4.98 Å². The second kappa shape index (κ2) is 5.45. The van der Waals surface area contributed by atoms with Crippen molar-refractivity contribution in [3.05, 3.63) is 90.1 Å². The van der Waals surface area contributed by atoms with Crippen LogP contribution >= 0.6 is 0 Å². The van der Waals surface area contributed by atoms with Gasteiger partial charge in [0.1, 0.15) is 0 Å². The SMILES string of the molecule is C(=Cc1cccc2ncc3ccccc3c12)c1ccccc1. The van der Waals surface area contributed by atoms with Gasteiger partial charge in [-0.05, 0) is 22.6 Å². The molecule has 1 nitrogen and oxygen atoms in total. The van der Waals surface area contributed by atoms with Gasteiger partial charge in [-0.15, -0.1) is 0 Å². The molecule has 0 amide bonds. The van der Waals surface area contributed by atoms with Crippen LogP contribution in [0.4, 0.5) is 0 Å². The van der Waals surface area contributed by atoms with Crippen molar-refractivity contribution < 1.29 is 0 Å². The highest BCUT2D eigenvalue weighted by atomic mass is 14.6. The summed E-state index contributed by atoms with van der Waals surface area (Å²) in [4.78, 5) is 4.59. The first-order valence-corrected chi connectivity index (χ1v) is 7.41. The highest BCUT2D eigenvalue weighted by Crippen LogP contribution is 2.27. The van der Waals surface area contributed by atoms with Crippen molar-refractivity contribution in [3.8, 4) is 0 Å². The standard InChI is InChI=1S/C21H15N/c1-2-7-16(8-3-1)13-14-17-10-6-12-20-21(17)19-11-5-4-9-18(19)15-22-20/h1-15H. The Balaban J connectivity index is 1.94. The van der Waals surface area contributed by atoms with Gasteiger partial charge in [-0.25, -0.2) is 0 Å². The van der Waals surface area contributed by atoms with Gasteiger partial charge in [0.15, 0.2) is 0 Å². The van der Waals surface area contributed by atoms with E-state index in [0.29, 0.717) is 0 Å². The summed E-state index contributed by atoms with van der Waals surface area (Å²) in [5.41, 5.74) is 3.44. The number of fused-ring (bicyclic) bond motifs is 3. The zero-order valence-corrected chi connectivity index (χ0v) is 12.1. The molecule has 0 fully saturated rings. The van der Waals surface area contributed by atoms with E-state index in [1.54, 1.807) is 0 Å². The third kappa shape index (κ3) is 2.27. The Hall–Kier alpha value is -2.93. The molecule has 1 heterocycles. The van der Waals surface area contributed by atoms with E-state index >= 15 is 0 Å². The van der Waals surface area contributed by atoms with Crippen molar-refractivity contribution in [3.63, 3.8) is 0 Å². The maximum absolute atomic E-state index is 4.59. The van der Waals surface area contributed by atoms with Crippen LogP contribution in [0.15, 0.2) is 79.0 Å². The molecule has 0 spiro atoms. The Bertz CT molecular complexity index is 969. The lowest BCUT2D eigenvalue weighted by molar-refractivity contribution is 1.44. The van der Waals surface area contributed by atoms with E-state index in [-0.39, 0.29) is 0 Å². The molecular formula is C21H15N. The number of benzene rings is 3. The number of pyridine rings is 1. The molecule has 3 aromatic carbocycles. The predicted molar refractivity (Wildman–Crippen MR) is 94.6 cm³/mol. The van der Waals surface area contributed by atoms with Crippen LogP contribution in [0.3, 0.4) is 0 Å². The summed E-state index contributed by atoms with van der Waals surface area (Å²) in [7, 11) is 0. The van der Waals surface area contributed by atoms with Crippen LogP contribution in [-0.2, 0) is 0 Å². The maximum Gasteiger partial charge on any atom is 0.0714 e. The third-order valence-corrected chi connectivity index (χ3v) is 3.90. The van der Waals surface area contributed by atoms with E-state index in [4.69, 9.17) is 0 Å². The highest BCUT2D eigenvalue weighted by Gasteiger charge is 2.04. The van der Waals surface area contributed by atoms with Crippen molar-refractivity contribution in [2.45, 2.75) is 0 Å². The van der Waals surface area contributed by atoms with Crippen LogP contribution in [0, 0.1) is 0 Å². The number of hydrogen-bond acceptors (Lipinski definition) is 1. The first kappa shape index (κ1) is 12.8. The summed E-state index contributed by atoms with van der Waals surface area (Å²) in [6.07, 6.45) is 6.27. The average Bonchev–Trinajstić information content (AvgIpc) is 2.60. The second-order valence-corrected chi connectivity index (χ2v) is 5.33. The van der Waals surface area contributed by atoms with E-state index in [0.717, 1.165) is 5.52 Å². The number of aromatic nitrogens is 1. The lowest BCUT2D eigenvalue weighted by Gasteiger charge is -2.06. The smallest absolute Gasteiger partial charge is 0.0714 e. The molecule has 104 valence electrons. The van der Waals surface area contributed by atoms with Crippen molar-refractivity contribution >= 4 is 33.8 Å². The molecular weight excluding hydrogens is 266 g/mol. The van der Waals surface area contributed by atoms with Crippen LogP contribution in [0.25, 0.3) is 33.8 Å². The van der Waals surface area contributed by atoms with E-state index < -0.39 is 0 Å². The van der Waals surface area contributed by atoms with E-state index in [2.05, 4.69) is 83.9 Å². The molecule has 4 rings (SSSR count). The third-order valence-electron chi connectivity index (χ3n) is 3.90. The van der Waals surface area contributed by atoms with Gasteiger partial charge in [0, 0.05) is 17.0 Å². The molecule has 0 bridgehead atoms. The summed E-state index contributed by atoms with van der Waals surface area (Å²) in [5.74, 6) is 0. The molecule has 22 heavy (non-hydrogen) atoms. The molecule has 0 N–H and O–H groups in total. The van der Waals surface area contributed by atoms with Crippen LogP contribution in [0.5, 0.6) is 0 Å². The molecule has 0 aliphatic heterocycles. The Labute approximate surface area is 129 Å². The fourth-order valence-corrected chi connectivity index (χ4v) is 2.82. The summed E-state index contributed by atoms with van der Waals surface area (Å²) in [6, 6.07) is 25.1. The lowest BCUT2D eigenvalue weighted by atomic mass is 10.0. The molecule has 4 aromatic rings. The Kier molecular flexibility index (Phi) is 3.17. The van der Waals surface area contributed by atoms with Gasteiger partial charge in [0.05, 0.1) is 5.52 Å². The molecule has 0 aliphatic rings. The van der Waals surface area contributed by atoms with Gasteiger partial charge < -0.3 is 0 Å². The highest BCUT2D eigenvalue weighted by molar-refractivity contribution is 6.09. The fourth-order valence-electron chi connectivity index (χ4n) is 2.82. The van der Waals surface area contributed by atoms with Gasteiger partial charge in [-0.1, -0.05) is 78.9 Å². The molecule has 0 saturated carbocycles. The monoisotopic (exact) mass is 281 g/mol. The van der Waals surface area contributed by atoms with Gasteiger partial charge >= 0.3 is 0 Å². The van der Waals surface area contributed by atoms with E-state index in [9.17, 15) is 0 Å². The van der Waals surface area contributed by atoms with Gasteiger partial charge in [0.25, 0.3) is 0 Å². The number of hydrogen-bond donors (Lipinski definition) is 0. The van der Waals surface area contributed by atoms with Crippen molar-refractivity contribution in [2.75, 3.05) is 0 Å². The van der Waals surface area contributed by atoms with Crippen LogP contribution in [0.2, 0.25) is 0 Å². The first-order chi connectivity index (χ1) is 10.9. The molecule has 0 saturated heterocycles. The largest absolute Gasteiger partial charge is 0.256 e. The quantitative estimate of drug-likeness (QED) is 0.346. The zero-order chi connectivity index (χ0) is 14.8. The normalized spacial score (nSPS) is 11.5. The average molecular weight is 281 g/mol. The van der Waals surface area contributed by atoms with Crippen molar-refractivity contribution in [2.24, 2.45) is 0 Å². The second-order valence-electron chi connectivity index (χ2n) is 5.33. The zero-order valence-electron chi connectivity index (χ0n) is 12.1. The minimum Gasteiger partial charge on any atom is -0.256 e. The minimum absolute atomic E-state index is 1.04. The van der Waals surface area contributed by atoms with Crippen molar-refractivity contribution in [1.29, 1.82) is 0 Å². The number of nitrogens with zero attached hydrogens (tertiary/aromatic N) is 1. The van der Waals surface area contributed by atoms with Gasteiger partial charge in [-0.2, -0.15) is 0 Å². The predicted octanol–water partition coefficient (Wildman–Crippen LogP) is 5.56. The van der Waals surface area contributed by atoms with Gasteiger partial charge in [-0.3, -0.25) is 4.98 Å². The summed E-state index contributed by atoms with van der Waals surface area (Å²) >= 11 is 0. The summed E-state index contributed by atoms with van der Waals surface area (Å²) in [5, 5.41) is 3.64. The summed E-state index contributed by atoms with van der Waals surface area (Å²) in [6.45, 7) is 0. The Morgan fingerprint density at radius 1 is 0.682 bits per heavy atom. The maximum atomic E-state index is 4.59. The molecule has 0 atom stereocenters. The molecule has 0 radical (unpaired) electrons. The van der Waals surface area contributed by atoms with Crippen LogP contribution in [0.1, 0.15) is 11.1 Å². The van der Waals surface area contributed by atoms with E-state index in [1.807, 2.05) is 12.3 Å². The van der Waals surface area contributed by atoms with E-state index in [1.165, 1.54) is 27.3 Å². The molecule has 0 aliphatic carbocycles. The van der Waals surface area contributed by atoms with Gasteiger partial charge in [0.2, 0.25) is 0 Å². The van der Waals surface area contributed by atoms with Crippen LogP contribution < -0.4 is 0 Å². The minimum atomic E-state index is 1.04. The molecule has 0 unspecified atom stereocenters. The number of rotatable bonds is 2. The first-order valence-electron chi connectivity index (χ1n) is 7.41. The lowest BCUT2D eigenvalue weighted by Crippen LogP contribution is -1.85. The van der Waals surface area contributed by atoms with Crippen molar-refractivity contribution in [1.82, 2.24) is 4.98 Å². The fraction of sp³-hybridized carbons (Fsp3) is 0. The molecule has 1 heteroatoms. The summed E-state index contributed by atoms with van der Waals surface area (Å²) < 4.78 is 0. The molecule has 1 aromatic heterocycles. The Morgan fingerprint density at radius 2 is 1.50 bits per heavy atom. The topological polar surface area (TPSA) is 12.9 Å². The Morgan fingerprint density at radius 3 is 2.41 bits per heavy atom.